The van der Waals surface area contributed by atoms with Crippen LogP contribution in [0.2, 0.25) is 0 Å². The first-order valence-corrected chi connectivity index (χ1v) is 21.2. The molecule has 7 aromatic rings. The summed E-state index contributed by atoms with van der Waals surface area (Å²) in [5.41, 5.74) is 4.58. The van der Waals surface area contributed by atoms with Crippen molar-refractivity contribution in [3.05, 3.63) is 209 Å². The summed E-state index contributed by atoms with van der Waals surface area (Å²) < 4.78 is 31.9. The predicted octanol–water partition coefficient (Wildman–Crippen LogP) is 12.6. The van der Waals surface area contributed by atoms with Crippen molar-refractivity contribution in [3.63, 3.8) is 0 Å². The van der Waals surface area contributed by atoms with Crippen molar-refractivity contribution in [1.29, 1.82) is 0 Å². The quantitative estimate of drug-likeness (QED) is 0.0967. The number of hydrogen-bond donors (Lipinski definition) is 0. The van der Waals surface area contributed by atoms with Gasteiger partial charge in [0.1, 0.15) is 34.2 Å². The van der Waals surface area contributed by atoms with Crippen LogP contribution in [0.3, 0.4) is 0 Å². The normalized spacial score (nSPS) is 14.5. The van der Waals surface area contributed by atoms with Gasteiger partial charge in [0.25, 0.3) is 5.91 Å². The molecular weight excluding hydrogens is 835 g/mol. The first kappa shape index (κ1) is 44.4. The van der Waals surface area contributed by atoms with Gasteiger partial charge < -0.3 is 28.4 Å². The van der Waals surface area contributed by atoms with E-state index in [0.717, 1.165) is 22.3 Å². The molecule has 0 saturated carbocycles. The Labute approximate surface area is 383 Å². The molecule has 1 aliphatic rings. The summed E-state index contributed by atoms with van der Waals surface area (Å²) in [6.07, 6.45) is -2.64. The topological polar surface area (TPSA) is 127 Å². The van der Waals surface area contributed by atoms with Crippen LogP contribution in [0, 0.1) is 0 Å². The predicted molar refractivity (Wildman–Crippen MR) is 249 cm³/mol. The molecule has 332 valence electrons. The highest BCUT2D eigenvalue weighted by atomic mass is 16.7. The van der Waals surface area contributed by atoms with Gasteiger partial charge in [0.05, 0.1) is 12.8 Å². The van der Waals surface area contributed by atoms with E-state index in [4.69, 9.17) is 23.7 Å². The Morgan fingerprint density at radius 2 is 0.803 bits per heavy atom. The summed E-state index contributed by atoms with van der Waals surface area (Å²) in [7, 11) is 1.22. The van der Waals surface area contributed by atoms with Gasteiger partial charge in [0.2, 0.25) is 0 Å². The van der Waals surface area contributed by atoms with E-state index in [1.807, 2.05) is 91.0 Å². The summed E-state index contributed by atoms with van der Waals surface area (Å²) in [4.78, 5) is 54.2. The van der Waals surface area contributed by atoms with Crippen LogP contribution in [0.5, 0.6) is 28.7 Å². The van der Waals surface area contributed by atoms with Crippen molar-refractivity contribution in [2.75, 3.05) is 12.0 Å². The number of rotatable bonds is 10. The number of ether oxygens (including phenoxy) is 6. The highest BCUT2D eigenvalue weighted by Crippen LogP contribution is 2.53. The highest BCUT2D eigenvalue weighted by Gasteiger charge is 2.54. The third-order valence-electron chi connectivity index (χ3n) is 11.7. The fourth-order valence-corrected chi connectivity index (χ4v) is 8.12. The highest BCUT2D eigenvalue weighted by molar-refractivity contribution is 6.17. The molecule has 0 aliphatic carbocycles. The summed E-state index contributed by atoms with van der Waals surface area (Å²) >= 11 is 0. The van der Waals surface area contributed by atoms with Crippen molar-refractivity contribution in [1.82, 2.24) is 0 Å². The zero-order valence-corrected chi connectivity index (χ0v) is 37.3. The third-order valence-corrected chi connectivity index (χ3v) is 11.7. The monoisotopic (exact) mass is 881 g/mol. The van der Waals surface area contributed by atoms with E-state index in [-0.39, 0.29) is 28.6 Å². The number of carbonyl (C=O) groups is 4. The average Bonchev–Trinajstić information content (AvgIpc) is 3.58. The number of para-hydroxylation sites is 2. The van der Waals surface area contributed by atoms with Gasteiger partial charge in [0.15, 0.2) is 0 Å². The van der Waals surface area contributed by atoms with Crippen LogP contribution >= 0.6 is 0 Å². The van der Waals surface area contributed by atoms with Gasteiger partial charge in [-0.1, -0.05) is 132 Å². The van der Waals surface area contributed by atoms with E-state index in [2.05, 4.69) is 39.4 Å². The Hall–Kier alpha value is -8.18. The minimum Gasteiger partial charge on any atom is -0.437 e. The number of amides is 1. The minimum atomic E-state index is -1.34. The number of benzene rings is 7. The summed E-state index contributed by atoms with van der Waals surface area (Å²) in [6, 6.07) is 52.1. The van der Waals surface area contributed by atoms with Crippen LogP contribution in [0.4, 0.5) is 25.8 Å². The third kappa shape index (κ3) is 8.96. The van der Waals surface area contributed by atoms with Crippen molar-refractivity contribution in [2.24, 2.45) is 0 Å². The van der Waals surface area contributed by atoms with Crippen LogP contribution in [-0.2, 0) is 25.8 Å². The molecule has 0 radical (unpaired) electrons. The Bertz CT molecular complexity index is 2870. The molecular formula is C55H47NO10. The lowest BCUT2D eigenvalue weighted by atomic mass is 9.70. The molecule has 7 aromatic carbocycles. The Morgan fingerprint density at radius 3 is 1.21 bits per heavy atom. The molecule has 0 saturated heterocycles. The maximum Gasteiger partial charge on any atom is 0.519 e. The van der Waals surface area contributed by atoms with Gasteiger partial charge in [-0.05, 0) is 112 Å². The van der Waals surface area contributed by atoms with E-state index in [0.29, 0.717) is 34.0 Å². The summed E-state index contributed by atoms with van der Waals surface area (Å²) in [6.45, 7) is 10.5. The van der Waals surface area contributed by atoms with E-state index in [1.165, 1.54) is 7.11 Å². The van der Waals surface area contributed by atoms with Crippen LogP contribution < -0.4 is 28.6 Å². The molecule has 1 heterocycles. The maximum absolute atomic E-state index is 15.0. The standard InChI is InChI=1S/C55H47NO10/c1-53(2,3)36-16-26-43(27-17-36)63-51(59)64-44-28-18-37(19-29-44)54(4,5)38-20-30-45(31-21-38)65-52(60)66-46-34-24-40(25-35-46)55(39-22-32-42(33-23-39)62-50(58)61-6)47-14-10-11-15-48(47)56(49(55)57)41-12-8-7-9-13-41/h7-35H,1-6H3. The molecule has 1 aliphatic heterocycles. The van der Waals surface area contributed by atoms with E-state index >= 15 is 4.79 Å². The smallest absolute Gasteiger partial charge is 0.437 e. The number of anilines is 2. The van der Waals surface area contributed by atoms with Gasteiger partial charge in [-0.2, -0.15) is 0 Å². The lowest BCUT2D eigenvalue weighted by Gasteiger charge is -2.30. The van der Waals surface area contributed by atoms with Crippen molar-refractivity contribution in [2.45, 2.75) is 50.9 Å². The number of methoxy groups -OCH3 is 1. The van der Waals surface area contributed by atoms with Gasteiger partial charge in [-0.3, -0.25) is 9.69 Å². The molecule has 1 unspecified atom stereocenters. The molecule has 0 aromatic heterocycles. The molecule has 11 heteroatoms. The van der Waals surface area contributed by atoms with Crippen molar-refractivity contribution >= 4 is 35.7 Å². The number of nitrogens with zero attached hydrogens (tertiary/aromatic N) is 1. The Kier molecular flexibility index (Phi) is 12.2. The second kappa shape index (κ2) is 18.1. The molecule has 0 bridgehead atoms. The Balaban J connectivity index is 0.948. The molecule has 0 N–H and O–H groups in total. The van der Waals surface area contributed by atoms with Crippen molar-refractivity contribution < 1.29 is 47.6 Å². The van der Waals surface area contributed by atoms with Crippen LogP contribution in [-0.4, -0.2) is 31.5 Å². The number of carbonyl (C=O) groups excluding carboxylic acids is 4. The fourth-order valence-electron chi connectivity index (χ4n) is 8.12. The van der Waals surface area contributed by atoms with Gasteiger partial charge in [0, 0.05) is 16.7 Å². The zero-order valence-electron chi connectivity index (χ0n) is 37.3. The number of fused-ring (bicyclic) bond motifs is 1. The minimum absolute atomic E-state index is 0.0205. The molecule has 0 spiro atoms. The van der Waals surface area contributed by atoms with Gasteiger partial charge >= 0.3 is 18.5 Å². The Morgan fingerprint density at radius 1 is 0.439 bits per heavy atom. The van der Waals surface area contributed by atoms with Gasteiger partial charge in [-0.25, -0.2) is 14.4 Å². The molecule has 1 atom stereocenters. The lowest BCUT2D eigenvalue weighted by Crippen LogP contribution is -2.40. The SMILES string of the molecule is COC(=O)Oc1ccc(C2(c3ccc(OC(=O)Oc4ccc(C(C)(C)c5ccc(OC(=O)Oc6ccc(C(C)(C)C)cc6)cc5)cc4)cc3)C(=O)N(c3ccccc3)c3ccccc32)cc1. The average molecular weight is 882 g/mol. The van der Waals surface area contributed by atoms with Gasteiger partial charge in [-0.15, -0.1) is 0 Å². The first-order valence-electron chi connectivity index (χ1n) is 21.2. The van der Waals surface area contributed by atoms with E-state index < -0.39 is 29.3 Å². The van der Waals surface area contributed by atoms with Crippen LogP contribution in [0.1, 0.15) is 68.0 Å². The molecule has 1 amide bonds. The zero-order chi connectivity index (χ0) is 46.6. The fraction of sp³-hybridized carbons (Fsp3) is 0.164. The summed E-state index contributed by atoms with van der Waals surface area (Å²) in [5.74, 6) is 1.24. The van der Waals surface area contributed by atoms with E-state index in [9.17, 15) is 14.4 Å². The van der Waals surface area contributed by atoms with Crippen LogP contribution in [0.25, 0.3) is 0 Å². The largest absolute Gasteiger partial charge is 0.519 e. The van der Waals surface area contributed by atoms with E-state index in [1.54, 1.807) is 89.8 Å². The lowest BCUT2D eigenvalue weighted by molar-refractivity contribution is -0.120. The maximum atomic E-state index is 15.0. The second-order valence-electron chi connectivity index (χ2n) is 17.2. The second-order valence-corrected chi connectivity index (χ2v) is 17.2. The summed E-state index contributed by atoms with van der Waals surface area (Å²) in [5, 5.41) is 0. The molecule has 8 rings (SSSR count). The van der Waals surface area contributed by atoms with Crippen LogP contribution in [0.15, 0.2) is 176 Å². The van der Waals surface area contributed by atoms with Crippen molar-refractivity contribution in [3.8, 4) is 28.7 Å². The number of hydrogen-bond acceptors (Lipinski definition) is 10. The molecule has 11 nitrogen and oxygen atoms in total. The molecule has 0 fully saturated rings. The first-order chi connectivity index (χ1) is 31.7. The molecule has 66 heavy (non-hydrogen) atoms.